The van der Waals surface area contributed by atoms with Gasteiger partial charge in [-0.15, -0.1) is 23.1 Å². The van der Waals surface area contributed by atoms with Gasteiger partial charge in [-0.25, -0.2) is 0 Å². The van der Waals surface area contributed by atoms with Gasteiger partial charge in [0.1, 0.15) is 0 Å². The van der Waals surface area contributed by atoms with Gasteiger partial charge in [0, 0.05) is 9.77 Å². The van der Waals surface area contributed by atoms with Crippen molar-refractivity contribution in [3.8, 4) is 0 Å². The minimum atomic E-state index is 0.260. The zero-order valence-corrected chi connectivity index (χ0v) is 13.9. The number of halogens is 1. The summed E-state index contributed by atoms with van der Waals surface area (Å²) < 4.78 is 1.19. The van der Waals surface area contributed by atoms with Crippen molar-refractivity contribution < 1.29 is 0 Å². The number of rotatable bonds is 4. The van der Waals surface area contributed by atoms with Crippen LogP contribution in [0.25, 0.3) is 0 Å². The monoisotopic (exact) mass is 341 g/mol. The van der Waals surface area contributed by atoms with E-state index in [9.17, 15) is 0 Å². The molecule has 0 aliphatic rings. The summed E-state index contributed by atoms with van der Waals surface area (Å²) in [4.78, 5) is 2.69. The lowest BCUT2D eigenvalue weighted by Crippen LogP contribution is -2.18. The van der Waals surface area contributed by atoms with Crippen LogP contribution in [0.2, 0.25) is 0 Å². The van der Waals surface area contributed by atoms with E-state index in [0.29, 0.717) is 0 Å². The molecule has 0 amide bonds. The van der Waals surface area contributed by atoms with Gasteiger partial charge in [-0.1, -0.05) is 18.2 Å². The fourth-order valence-electron chi connectivity index (χ4n) is 2.13. The van der Waals surface area contributed by atoms with Crippen molar-refractivity contribution in [3.63, 3.8) is 0 Å². The van der Waals surface area contributed by atoms with Gasteiger partial charge in [-0.2, -0.15) is 0 Å². The highest BCUT2D eigenvalue weighted by molar-refractivity contribution is 9.11. The average Bonchev–Trinajstić information content (AvgIpc) is 2.70. The zero-order valence-electron chi connectivity index (χ0n) is 10.7. The van der Waals surface area contributed by atoms with E-state index >= 15 is 0 Å². The Kier molecular flexibility index (Phi) is 4.90. The van der Waals surface area contributed by atoms with Crippen molar-refractivity contribution in [2.75, 3.05) is 13.3 Å². The summed E-state index contributed by atoms with van der Waals surface area (Å²) in [7, 11) is 2.02. The first kappa shape index (κ1) is 14.1. The number of benzene rings is 1. The normalized spacial score (nSPS) is 12.7. The molecule has 18 heavy (non-hydrogen) atoms. The fraction of sp³-hybridized carbons (Fsp3) is 0.286. The molecule has 1 aromatic heterocycles. The van der Waals surface area contributed by atoms with Crippen LogP contribution in [-0.2, 0) is 0 Å². The van der Waals surface area contributed by atoms with Crippen LogP contribution in [0, 0.1) is 6.92 Å². The van der Waals surface area contributed by atoms with Crippen LogP contribution in [-0.4, -0.2) is 13.3 Å². The topological polar surface area (TPSA) is 12.0 Å². The number of aryl methyl sites for hydroxylation is 1. The fourth-order valence-corrected chi connectivity index (χ4v) is 4.51. The van der Waals surface area contributed by atoms with E-state index < -0.39 is 0 Å². The lowest BCUT2D eigenvalue weighted by atomic mass is 10.00. The van der Waals surface area contributed by atoms with Crippen molar-refractivity contribution in [1.82, 2.24) is 5.32 Å². The van der Waals surface area contributed by atoms with E-state index in [1.54, 1.807) is 23.1 Å². The van der Waals surface area contributed by atoms with Crippen LogP contribution in [0.5, 0.6) is 0 Å². The van der Waals surface area contributed by atoms with Crippen LogP contribution in [0.1, 0.15) is 22.0 Å². The molecule has 1 N–H and O–H groups in total. The lowest BCUT2D eigenvalue weighted by Gasteiger charge is -2.19. The second-order valence-corrected chi connectivity index (χ2v) is 7.51. The third kappa shape index (κ3) is 2.82. The van der Waals surface area contributed by atoms with Crippen molar-refractivity contribution in [2.24, 2.45) is 0 Å². The molecule has 0 fully saturated rings. The lowest BCUT2D eigenvalue weighted by molar-refractivity contribution is 0.679. The molecule has 1 nitrogen and oxygen atoms in total. The molecular formula is C14H16BrNS2. The van der Waals surface area contributed by atoms with Crippen LogP contribution in [0.3, 0.4) is 0 Å². The number of nitrogens with one attached hydrogen (secondary N) is 1. The first-order chi connectivity index (χ1) is 8.67. The Hall–Kier alpha value is -0.290. The number of thioether (sulfide) groups is 1. The van der Waals surface area contributed by atoms with E-state index in [1.807, 2.05) is 7.05 Å². The molecule has 0 bridgehead atoms. The Labute approximate surface area is 125 Å². The number of hydrogen-bond donors (Lipinski definition) is 1. The predicted octanol–water partition coefficient (Wildman–Crippen LogP) is 4.85. The number of hydrogen-bond acceptors (Lipinski definition) is 3. The molecule has 0 saturated carbocycles. The van der Waals surface area contributed by atoms with Gasteiger partial charge < -0.3 is 5.32 Å². The second-order valence-electron chi connectivity index (χ2n) is 4.03. The quantitative estimate of drug-likeness (QED) is 0.797. The van der Waals surface area contributed by atoms with Crippen LogP contribution in [0.4, 0.5) is 0 Å². The molecular weight excluding hydrogens is 326 g/mol. The molecule has 1 atom stereocenters. The Morgan fingerprint density at radius 2 is 2.00 bits per heavy atom. The predicted molar refractivity (Wildman–Crippen MR) is 85.9 cm³/mol. The Morgan fingerprint density at radius 3 is 2.56 bits per heavy atom. The van der Waals surface area contributed by atoms with Gasteiger partial charge in [0.2, 0.25) is 0 Å². The molecule has 1 heterocycles. The summed E-state index contributed by atoms with van der Waals surface area (Å²) in [5.41, 5.74) is 2.71. The molecule has 96 valence electrons. The van der Waals surface area contributed by atoms with E-state index in [2.05, 4.69) is 64.8 Å². The summed E-state index contributed by atoms with van der Waals surface area (Å²) in [5, 5.41) is 3.44. The second kappa shape index (κ2) is 6.24. The highest BCUT2D eigenvalue weighted by Gasteiger charge is 2.18. The SMILES string of the molecule is CNC(c1ccccc1SC)c1cc(Br)sc1C. The third-order valence-electron chi connectivity index (χ3n) is 2.98. The van der Waals surface area contributed by atoms with Crippen LogP contribution in [0.15, 0.2) is 39.0 Å². The van der Waals surface area contributed by atoms with Crippen molar-refractivity contribution in [2.45, 2.75) is 17.9 Å². The molecule has 0 aliphatic heterocycles. The summed E-state index contributed by atoms with van der Waals surface area (Å²) in [5.74, 6) is 0. The van der Waals surface area contributed by atoms with Gasteiger partial charge in [0.15, 0.2) is 0 Å². The van der Waals surface area contributed by atoms with Gasteiger partial charge in [0.05, 0.1) is 9.83 Å². The maximum atomic E-state index is 3.57. The van der Waals surface area contributed by atoms with Crippen molar-refractivity contribution in [3.05, 3.63) is 50.1 Å². The number of thiophene rings is 1. The van der Waals surface area contributed by atoms with Gasteiger partial charge >= 0.3 is 0 Å². The van der Waals surface area contributed by atoms with E-state index in [-0.39, 0.29) is 6.04 Å². The molecule has 0 radical (unpaired) electrons. The van der Waals surface area contributed by atoms with Crippen LogP contribution >= 0.6 is 39.0 Å². The van der Waals surface area contributed by atoms with E-state index in [4.69, 9.17) is 0 Å². The van der Waals surface area contributed by atoms with Crippen molar-refractivity contribution >= 4 is 39.0 Å². The Morgan fingerprint density at radius 1 is 1.28 bits per heavy atom. The summed E-state index contributed by atoms with van der Waals surface area (Å²) in [6, 6.07) is 11.1. The maximum absolute atomic E-state index is 3.57. The van der Waals surface area contributed by atoms with Gasteiger partial charge in [-0.05, 0) is 59.4 Å². The molecule has 0 spiro atoms. The largest absolute Gasteiger partial charge is 0.309 e. The van der Waals surface area contributed by atoms with Crippen molar-refractivity contribution in [1.29, 1.82) is 0 Å². The molecule has 1 aromatic carbocycles. The summed E-state index contributed by atoms with van der Waals surface area (Å²) in [6.45, 7) is 2.18. The highest BCUT2D eigenvalue weighted by atomic mass is 79.9. The first-order valence-electron chi connectivity index (χ1n) is 5.73. The van der Waals surface area contributed by atoms with Crippen LogP contribution < -0.4 is 5.32 Å². The summed E-state index contributed by atoms with van der Waals surface area (Å²) >= 11 is 7.16. The Bertz CT molecular complexity index is 536. The van der Waals surface area contributed by atoms with E-state index in [1.165, 1.54) is 24.7 Å². The molecule has 1 unspecified atom stereocenters. The van der Waals surface area contributed by atoms with Gasteiger partial charge in [-0.3, -0.25) is 0 Å². The Balaban J connectivity index is 2.48. The smallest absolute Gasteiger partial charge is 0.0704 e. The average molecular weight is 342 g/mol. The molecule has 2 aromatic rings. The molecule has 0 aliphatic carbocycles. The summed E-state index contributed by atoms with van der Waals surface area (Å²) in [6.07, 6.45) is 2.13. The standard InChI is InChI=1S/C14H16BrNS2/c1-9-11(8-13(15)18-9)14(16-2)10-6-4-5-7-12(10)17-3/h4-8,14,16H,1-3H3. The highest BCUT2D eigenvalue weighted by Crippen LogP contribution is 2.36. The first-order valence-corrected chi connectivity index (χ1v) is 8.56. The molecule has 2 rings (SSSR count). The third-order valence-corrected chi connectivity index (χ3v) is 5.36. The van der Waals surface area contributed by atoms with Gasteiger partial charge in [0.25, 0.3) is 0 Å². The minimum Gasteiger partial charge on any atom is -0.309 e. The zero-order chi connectivity index (χ0) is 13.1. The molecule has 0 saturated heterocycles. The maximum Gasteiger partial charge on any atom is 0.0704 e. The molecule has 4 heteroatoms. The minimum absolute atomic E-state index is 0.260. The van der Waals surface area contributed by atoms with E-state index in [0.717, 1.165) is 0 Å².